The minimum atomic E-state index is -0.199. The van der Waals surface area contributed by atoms with Crippen LogP contribution in [0.4, 0.5) is 0 Å². The molecule has 0 saturated heterocycles. The number of halogens is 1. The molecule has 21 heavy (non-hydrogen) atoms. The molecule has 0 aliphatic carbocycles. The lowest BCUT2D eigenvalue weighted by Crippen LogP contribution is -2.30. The van der Waals surface area contributed by atoms with E-state index in [2.05, 4.69) is 10.4 Å². The predicted molar refractivity (Wildman–Crippen MR) is 84.6 cm³/mol. The Morgan fingerprint density at radius 2 is 1.95 bits per heavy atom. The number of hydrogen-bond donors (Lipinski definition) is 1. The number of carbonyl (C=O) groups excluding carboxylic acids is 1. The molecule has 1 aromatic carbocycles. The van der Waals surface area contributed by atoms with Gasteiger partial charge < -0.3 is 5.32 Å². The first kappa shape index (κ1) is 15.6. The number of benzene rings is 1. The van der Waals surface area contributed by atoms with Crippen LogP contribution in [0.15, 0.2) is 24.3 Å². The molecule has 1 N–H and O–H groups in total. The number of aromatic nitrogens is 2. The molecule has 0 saturated carbocycles. The van der Waals surface area contributed by atoms with Gasteiger partial charge in [-0.15, -0.1) is 0 Å². The Morgan fingerprint density at radius 3 is 2.43 bits per heavy atom. The van der Waals surface area contributed by atoms with Crippen molar-refractivity contribution in [1.29, 1.82) is 0 Å². The molecule has 0 bridgehead atoms. The second-order valence-electron chi connectivity index (χ2n) is 5.22. The molecule has 0 fully saturated rings. The predicted octanol–water partition coefficient (Wildman–Crippen LogP) is 3.57. The van der Waals surface area contributed by atoms with Crippen LogP contribution >= 0.6 is 11.6 Å². The molecule has 1 amide bonds. The number of hydrogen-bond acceptors (Lipinski definition) is 2. The zero-order valence-corrected chi connectivity index (χ0v) is 13.5. The lowest BCUT2D eigenvalue weighted by Gasteiger charge is -2.18. The van der Waals surface area contributed by atoms with Crippen LogP contribution in [0.25, 0.3) is 0 Å². The SMILES string of the molecule is CCC(NC(=O)c1c(Cl)c(C)nn1C)c1ccc(C)cc1. The van der Waals surface area contributed by atoms with Crippen molar-refractivity contribution in [1.82, 2.24) is 15.1 Å². The molecular weight excluding hydrogens is 286 g/mol. The molecule has 2 rings (SSSR count). The molecule has 0 aliphatic rings. The summed E-state index contributed by atoms with van der Waals surface area (Å²) in [6.45, 7) is 5.87. The van der Waals surface area contributed by atoms with Gasteiger partial charge in [0.1, 0.15) is 5.69 Å². The van der Waals surface area contributed by atoms with Gasteiger partial charge in [0, 0.05) is 7.05 Å². The number of amides is 1. The minimum Gasteiger partial charge on any atom is -0.344 e. The van der Waals surface area contributed by atoms with Gasteiger partial charge in [0.05, 0.1) is 16.8 Å². The number of nitrogens with zero attached hydrogens (tertiary/aromatic N) is 2. The van der Waals surface area contributed by atoms with Crippen molar-refractivity contribution in [3.05, 3.63) is 51.8 Å². The van der Waals surface area contributed by atoms with Crippen LogP contribution in [0, 0.1) is 13.8 Å². The highest BCUT2D eigenvalue weighted by molar-refractivity contribution is 6.34. The highest BCUT2D eigenvalue weighted by Crippen LogP contribution is 2.22. The van der Waals surface area contributed by atoms with Crippen molar-refractivity contribution in [2.24, 2.45) is 7.05 Å². The largest absolute Gasteiger partial charge is 0.344 e. The summed E-state index contributed by atoms with van der Waals surface area (Å²) in [6.07, 6.45) is 0.809. The zero-order valence-electron chi connectivity index (χ0n) is 12.8. The van der Waals surface area contributed by atoms with E-state index >= 15 is 0 Å². The molecule has 1 aromatic heterocycles. The lowest BCUT2D eigenvalue weighted by atomic mass is 10.0. The average Bonchev–Trinajstić information content (AvgIpc) is 2.70. The van der Waals surface area contributed by atoms with Gasteiger partial charge in [-0.1, -0.05) is 48.4 Å². The summed E-state index contributed by atoms with van der Waals surface area (Å²) in [7, 11) is 1.72. The van der Waals surface area contributed by atoms with E-state index in [-0.39, 0.29) is 11.9 Å². The second kappa shape index (κ2) is 6.31. The molecular formula is C16H20ClN3O. The average molecular weight is 306 g/mol. The molecule has 0 radical (unpaired) electrons. The molecule has 112 valence electrons. The van der Waals surface area contributed by atoms with E-state index in [0.29, 0.717) is 16.4 Å². The van der Waals surface area contributed by atoms with Crippen LogP contribution in [0.3, 0.4) is 0 Å². The molecule has 2 aromatic rings. The summed E-state index contributed by atoms with van der Waals surface area (Å²) < 4.78 is 1.52. The molecule has 1 unspecified atom stereocenters. The highest BCUT2D eigenvalue weighted by Gasteiger charge is 2.21. The molecule has 5 heteroatoms. The van der Waals surface area contributed by atoms with Crippen LogP contribution in [-0.4, -0.2) is 15.7 Å². The molecule has 1 heterocycles. The molecule has 0 spiro atoms. The van der Waals surface area contributed by atoms with Crippen LogP contribution in [-0.2, 0) is 7.05 Å². The van der Waals surface area contributed by atoms with Gasteiger partial charge in [-0.25, -0.2) is 0 Å². The van der Waals surface area contributed by atoms with E-state index in [1.807, 2.05) is 38.1 Å². The van der Waals surface area contributed by atoms with Crippen molar-refractivity contribution in [3.63, 3.8) is 0 Å². The Kier molecular flexibility index (Phi) is 4.68. The van der Waals surface area contributed by atoms with Crippen LogP contribution in [0.5, 0.6) is 0 Å². The fourth-order valence-electron chi connectivity index (χ4n) is 2.33. The first-order valence-corrected chi connectivity index (χ1v) is 7.38. The molecule has 4 nitrogen and oxygen atoms in total. The Bertz CT molecular complexity index is 646. The van der Waals surface area contributed by atoms with Crippen LogP contribution in [0.2, 0.25) is 5.02 Å². The Hall–Kier alpha value is -1.81. The summed E-state index contributed by atoms with van der Waals surface area (Å²) in [5, 5.41) is 7.61. The maximum Gasteiger partial charge on any atom is 0.271 e. The maximum atomic E-state index is 12.5. The third kappa shape index (κ3) is 3.27. The summed E-state index contributed by atoms with van der Waals surface area (Å²) in [6, 6.07) is 8.14. The summed E-state index contributed by atoms with van der Waals surface area (Å²) in [5.74, 6) is -0.199. The molecule has 1 atom stereocenters. The lowest BCUT2D eigenvalue weighted by molar-refractivity contribution is 0.0926. The van der Waals surface area contributed by atoms with Gasteiger partial charge in [0.25, 0.3) is 5.91 Å². The van der Waals surface area contributed by atoms with Gasteiger partial charge in [-0.2, -0.15) is 5.10 Å². The fourth-order valence-corrected chi connectivity index (χ4v) is 2.57. The van der Waals surface area contributed by atoms with E-state index in [0.717, 1.165) is 12.0 Å². The standard InChI is InChI=1S/C16H20ClN3O/c1-5-13(12-8-6-10(2)7-9-12)18-16(21)15-14(17)11(3)19-20(15)4/h6-9,13H,5H2,1-4H3,(H,18,21). The summed E-state index contributed by atoms with van der Waals surface area (Å²) >= 11 is 6.16. The summed E-state index contributed by atoms with van der Waals surface area (Å²) in [5.41, 5.74) is 3.35. The number of nitrogens with one attached hydrogen (secondary N) is 1. The number of carbonyl (C=O) groups is 1. The number of rotatable bonds is 4. The van der Waals surface area contributed by atoms with Crippen molar-refractivity contribution in [3.8, 4) is 0 Å². The monoisotopic (exact) mass is 305 g/mol. The smallest absolute Gasteiger partial charge is 0.271 e. The van der Waals surface area contributed by atoms with Gasteiger partial charge in [-0.05, 0) is 25.8 Å². The normalized spacial score (nSPS) is 12.2. The first-order chi connectivity index (χ1) is 9.93. The van der Waals surface area contributed by atoms with Gasteiger partial charge in [-0.3, -0.25) is 9.48 Å². The third-order valence-electron chi connectivity index (χ3n) is 3.56. The van der Waals surface area contributed by atoms with Crippen molar-refractivity contribution >= 4 is 17.5 Å². The maximum absolute atomic E-state index is 12.5. The van der Waals surface area contributed by atoms with Crippen molar-refractivity contribution in [2.75, 3.05) is 0 Å². The quantitative estimate of drug-likeness (QED) is 0.938. The van der Waals surface area contributed by atoms with E-state index < -0.39 is 0 Å². The van der Waals surface area contributed by atoms with Crippen LogP contribution in [0.1, 0.15) is 46.7 Å². The van der Waals surface area contributed by atoms with Gasteiger partial charge in [0.2, 0.25) is 0 Å². The third-order valence-corrected chi connectivity index (χ3v) is 4.01. The fraction of sp³-hybridized carbons (Fsp3) is 0.375. The zero-order chi connectivity index (χ0) is 15.6. The van der Waals surface area contributed by atoms with Crippen molar-refractivity contribution in [2.45, 2.75) is 33.2 Å². The van der Waals surface area contributed by atoms with Gasteiger partial charge >= 0.3 is 0 Å². The Balaban J connectivity index is 2.22. The topological polar surface area (TPSA) is 46.9 Å². The second-order valence-corrected chi connectivity index (χ2v) is 5.59. The van der Waals surface area contributed by atoms with Crippen molar-refractivity contribution < 1.29 is 4.79 Å². The Labute approximate surface area is 130 Å². The minimum absolute atomic E-state index is 0.0376. The van der Waals surface area contributed by atoms with E-state index in [9.17, 15) is 4.79 Å². The first-order valence-electron chi connectivity index (χ1n) is 7.00. The van der Waals surface area contributed by atoms with E-state index in [1.165, 1.54) is 10.2 Å². The van der Waals surface area contributed by atoms with Gasteiger partial charge in [0.15, 0.2) is 0 Å². The molecule has 0 aliphatic heterocycles. The number of aryl methyl sites for hydroxylation is 3. The summed E-state index contributed by atoms with van der Waals surface area (Å²) in [4.78, 5) is 12.5. The van der Waals surface area contributed by atoms with E-state index in [1.54, 1.807) is 14.0 Å². The Morgan fingerprint density at radius 1 is 1.33 bits per heavy atom. The highest BCUT2D eigenvalue weighted by atomic mass is 35.5. The van der Waals surface area contributed by atoms with E-state index in [4.69, 9.17) is 11.6 Å². The van der Waals surface area contributed by atoms with Crippen LogP contribution < -0.4 is 5.32 Å².